The third-order valence-corrected chi connectivity index (χ3v) is 5.49. The van der Waals surface area contributed by atoms with Crippen LogP contribution >= 0.6 is 27.7 Å². The van der Waals surface area contributed by atoms with Crippen LogP contribution in [-0.4, -0.2) is 20.4 Å². The second kappa shape index (κ2) is 7.66. The number of halogens is 1. The highest BCUT2D eigenvalue weighted by Crippen LogP contribution is 2.36. The summed E-state index contributed by atoms with van der Waals surface area (Å²) in [4.78, 5) is 0. The molecule has 0 saturated heterocycles. The van der Waals surface area contributed by atoms with E-state index in [0.29, 0.717) is 22.9 Å². The van der Waals surface area contributed by atoms with Crippen molar-refractivity contribution in [2.75, 3.05) is 0 Å². The third-order valence-electron chi connectivity index (χ3n) is 3.88. The van der Waals surface area contributed by atoms with E-state index < -0.39 is 0 Å². The zero-order valence-corrected chi connectivity index (χ0v) is 17.0. The fourth-order valence-electron chi connectivity index (χ4n) is 2.41. The Morgan fingerprint density at radius 1 is 0.889 bits per heavy atom. The molecule has 0 radical (unpaired) electrons. The summed E-state index contributed by atoms with van der Waals surface area (Å²) < 4.78 is 12.5. The molecule has 0 aliphatic carbocycles. The molecule has 8 heteroatoms. The molecular weight excluding hydrogens is 428 g/mol. The van der Waals surface area contributed by atoms with Crippen molar-refractivity contribution < 1.29 is 8.83 Å². The van der Waals surface area contributed by atoms with Gasteiger partial charge in [-0.1, -0.05) is 41.6 Å². The lowest BCUT2D eigenvalue weighted by Gasteiger charge is -2.02. The predicted molar refractivity (Wildman–Crippen MR) is 106 cm³/mol. The molecule has 2 aromatic heterocycles. The largest absolute Gasteiger partial charge is 0.419 e. The first-order valence-electron chi connectivity index (χ1n) is 8.25. The fourth-order valence-corrected chi connectivity index (χ4v) is 3.58. The van der Waals surface area contributed by atoms with Crippen molar-refractivity contribution in [2.24, 2.45) is 0 Å². The van der Waals surface area contributed by atoms with Crippen molar-refractivity contribution in [1.29, 1.82) is 0 Å². The summed E-state index contributed by atoms with van der Waals surface area (Å²) in [6, 6.07) is 15.7. The van der Waals surface area contributed by atoms with E-state index in [-0.39, 0.29) is 5.25 Å². The monoisotopic (exact) mass is 442 g/mol. The van der Waals surface area contributed by atoms with Gasteiger partial charge in [0.2, 0.25) is 17.7 Å². The van der Waals surface area contributed by atoms with Gasteiger partial charge in [0.15, 0.2) is 0 Å². The highest BCUT2D eigenvalue weighted by molar-refractivity contribution is 9.10. The van der Waals surface area contributed by atoms with E-state index in [4.69, 9.17) is 8.83 Å². The van der Waals surface area contributed by atoms with Crippen molar-refractivity contribution in [1.82, 2.24) is 20.4 Å². The Kier molecular flexibility index (Phi) is 5.09. The Balaban J connectivity index is 1.49. The minimum absolute atomic E-state index is 0.121. The van der Waals surface area contributed by atoms with Gasteiger partial charge in [-0.3, -0.25) is 0 Å². The highest BCUT2D eigenvalue weighted by atomic mass is 79.9. The number of nitrogens with zero attached hydrogens (tertiary/aromatic N) is 4. The van der Waals surface area contributed by atoms with Crippen LogP contribution in [-0.2, 0) is 0 Å². The smallest absolute Gasteiger partial charge is 0.277 e. The molecule has 2 aromatic carbocycles. The Bertz CT molecular complexity index is 1060. The van der Waals surface area contributed by atoms with Gasteiger partial charge in [-0.15, -0.1) is 20.4 Å². The Labute approximate surface area is 168 Å². The van der Waals surface area contributed by atoms with Crippen LogP contribution in [0.5, 0.6) is 0 Å². The highest BCUT2D eigenvalue weighted by Gasteiger charge is 2.20. The van der Waals surface area contributed by atoms with Crippen LogP contribution in [0.1, 0.15) is 23.6 Å². The number of aromatic nitrogens is 4. The lowest BCUT2D eigenvalue weighted by Crippen LogP contribution is -1.88. The van der Waals surface area contributed by atoms with Crippen LogP contribution in [0.25, 0.3) is 22.9 Å². The SMILES string of the molecule is Cc1ccc(-c2nnc(C(C)Sc3nnc(-c4ccccc4Br)o3)o2)cc1. The van der Waals surface area contributed by atoms with Gasteiger partial charge in [0.05, 0.1) is 10.8 Å². The van der Waals surface area contributed by atoms with Crippen molar-refractivity contribution in [2.45, 2.75) is 24.3 Å². The minimum Gasteiger partial charge on any atom is -0.419 e. The van der Waals surface area contributed by atoms with Gasteiger partial charge in [0, 0.05) is 10.0 Å². The van der Waals surface area contributed by atoms with E-state index in [1.807, 2.05) is 62.4 Å². The summed E-state index contributed by atoms with van der Waals surface area (Å²) in [7, 11) is 0. The molecular formula is C19H15BrN4O2S. The second-order valence-electron chi connectivity index (χ2n) is 5.92. The van der Waals surface area contributed by atoms with Gasteiger partial charge in [-0.2, -0.15) is 0 Å². The average molecular weight is 443 g/mol. The fraction of sp³-hybridized carbons (Fsp3) is 0.158. The Hall–Kier alpha value is -2.45. The molecule has 1 atom stereocenters. The van der Waals surface area contributed by atoms with Crippen LogP contribution in [0.15, 0.2) is 67.1 Å². The Morgan fingerprint density at radius 2 is 1.63 bits per heavy atom. The molecule has 4 rings (SSSR count). The number of benzene rings is 2. The van der Waals surface area contributed by atoms with E-state index in [0.717, 1.165) is 15.6 Å². The molecule has 0 fully saturated rings. The zero-order chi connectivity index (χ0) is 18.8. The third kappa shape index (κ3) is 3.96. The molecule has 6 nitrogen and oxygen atoms in total. The quantitative estimate of drug-likeness (QED) is 0.366. The number of hydrogen-bond acceptors (Lipinski definition) is 7. The summed E-state index contributed by atoms with van der Waals surface area (Å²) in [5.74, 6) is 1.47. The standard InChI is InChI=1S/C19H15BrN4O2S/c1-11-7-9-13(10-8-11)17-22-21-16(25-17)12(2)27-19-24-23-18(26-19)14-5-3-4-6-15(14)20/h3-10,12H,1-2H3. The van der Waals surface area contributed by atoms with Crippen molar-refractivity contribution >= 4 is 27.7 Å². The van der Waals surface area contributed by atoms with E-state index in [2.05, 4.69) is 36.3 Å². The number of rotatable bonds is 5. The van der Waals surface area contributed by atoms with E-state index in [9.17, 15) is 0 Å². The summed E-state index contributed by atoms with van der Waals surface area (Å²) in [5, 5.41) is 16.9. The lowest BCUT2D eigenvalue weighted by atomic mass is 10.1. The predicted octanol–water partition coefficient (Wildman–Crippen LogP) is 5.71. The van der Waals surface area contributed by atoms with Crippen LogP contribution in [0.4, 0.5) is 0 Å². The summed E-state index contributed by atoms with van der Waals surface area (Å²) in [6.45, 7) is 3.99. The van der Waals surface area contributed by atoms with Crippen LogP contribution in [0.2, 0.25) is 0 Å². The lowest BCUT2D eigenvalue weighted by molar-refractivity contribution is 0.461. The van der Waals surface area contributed by atoms with Gasteiger partial charge in [0.1, 0.15) is 0 Å². The number of thioether (sulfide) groups is 1. The van der Waals surface area contributed by atoms with Crippen molar-refractivity contribution in [3.05, 3.63) is 64.5 Å². The average Bonchev–Trinajstić information content (AvgIpc) is 3.33. The first-order chi connectivity index (χ1) is 13.1. The van der Waals surface area contributed by atoms with Gasteiger partial charge >= 0.3 is 0 Å². The summed E-state index contributed by atoms with van der Waals surface area (Å²) in [5.41, 5.74) is 2.93. The molecule has 27 heavy (non-hydrogen) atoms. The molecule has 1 unspecified atom stereocenters. The Morgan fingerprint density at radius 3 is 2.41 bits per heavy atom. The molecule has 136 valence electrons. The molecule has 2 heterocycles. The van der Waals surface area contributed by atoms with Gasteiger partial charge < -0.3 is 8.83 Å². The van der Waals surface area contributed by atoms with E-state index in [1.54, 1.807) is 0 Å². The minimum atomic E-state index is -0.121. The maximum absolute atomic E-state index is 5.81. The van der Waals surface area contributed by atoms with Crippen LogP contribution in [0.3, 0.4) is 0 Å². The molecule has 4 aromatic rings. The van der Waals surface area contributed by atoms with Crippen molar-refractivity contribution in [3.8, 4) is 22.9 Å². The van der Waals surface area contributed by atoms with E-state index >= 15 is 0 Å². The second-order valence-corrected chi connectivity index (χ2v) is 8.07. The topological polar surface area (TPSA) is 77.8 Å². The molecule has 0 saturated carbocycles. The molecule has 0 bridgehead atoms. The number of hydrogen-bond donors (Lipinski definition) is 0. The zero-order valence-electron chi connectivity index (χ0n) is 14.6. The van der Waals surface area contributed by atoms with Crippen LogP contribution < -0.4 is 0 Å². The number of aryl methyl sites for hydroxylation is 1. The summed E-state index contributed by atoms with van der Waals surface area (Å²) >= 11 is 4.87. The van der Waals surface area contributed by atoms with E-state index in [1.165, 1.54) is 17.3 Å². The maximum atomic E-state index is 5.81. The van der Waals surface area contributed by atoms with Gasteiger partial charge in [0.25, 0.3) is 5.22 Å². The molecule has 0 aliphatic rings. The molecule has 0 amide bonds. The molecule has 0 N–H and O–H groups in total. The molecule has 0 aliphatic heterocycles. The normalized spacial score (nSPS) is 12.3. The van der Waals surface area contributed by atoms with Gasteiger partial charge in [-0.25, -0.2) is 0 Å². The summed E-state index contributed by atoms with van der Waals surface area (Å²) in [6.07, 6.45) is 0. The van der Waals surface area contributed by atoms with Gasteiger partial charge in [-0.05, 0) is 54.0 Å². The first kappa shape index (κ1) is 17.9. The first-order valence-corrected chi connectivity index (χ1v) is 9.93. The molecule has 0 spiro atoms. The maximum Gasteiger partial charge on any atom is 0.277 e. The van der Waals surface area contributed by atoms with Crippen molar-refractivity contribution in [3.63, 3.8) is 0 Å². The van der Waals surface area contributed by atoms with Crippen LogP contribution in [0, 0.1) is 6.92 Å².